The minimum Gasteiger partial charge on any atom is -0.508 e. The number of nitrogens with one attached hydrogen (secondary N) is 1. The number of aliphatic hydroxyl groups excluding tert-OH is 1. The number of aromatic hydroxyl groups is 1. The monoisotopic (exact) mass is 633 g/mol. The number of halogens is 3. The Morgan fingerprint density at radius 3 is 2.72 bits per heavy atom. The van der Waals surface area contributed by atoms with Crippen LogP contribution in [0.1, 0.15) is 51.5 Å². The molecule has 0 amide bonds. The van der Waals surface area contributed by atoms with Crippen LogP contribution in [0, 0.1) is 24.0 Å². The first kappa shape index (κ1) is 30.3. The van der Waals surface area contributed by atoms with Crippen LogP contribution in [0.4, 0.5) is 19.0 Å². The highest BCUT2D eigenvalue weighted by molar-refractivity contribution is 6.04. The Labute approximate surface area is 263 Å². The zero-order chi connectivity index (χ0) is 32.3. The van der Waals surface area contributed by atoms with Crippen LogP contribution in [0.5, 0.6) is 17.6 Å². The van der Waals surface area contributed by atoms with Gasteiger partial charge in [0.1, 0.15) is 46.8 Å². The number of aliphatic hydroxyl groups is 1. The van der Waals surface area contributed by atoms with E-state index in [-0.39, 0.29) is 69.2 Å². The lowest BCUT2D eigenvalue weighted by Gasteiger charge is -2.33. The number of nitrogens with zero attached hydrogens (tertiary/aromatic N) is 4. The fraction of sp³-hybridized carbons (Fsp3) is 0.441. The topological polar surface area (TPSA) is 113 Å². The Kier molecular flexibility index (Phi) is 7.56. The summed E-state index contributed by atoms with van der Waals surface area (Å²) < 4.78 is 58.5. The summed E-state index contributed by atoms with van der Waals surface area (Å²) in [6.07, 6.45) is 6.80. The van der Waals surface area contributed by atoms with Crippen molar-refractivity contribution in [1.29, 1.82) is 0 Å². The zero-order valence-electron chi connectivity index (χ0n) is 25.5. The number of aromatic nitrogens is 3. The summed E-state index contributed by atoms with van der Waals surface area (Å²) in [4.78, 5) is 15.8. The Morgan fingerprint density at radius 1 is 1.17 bits per heavy atom. The van der Waals surface area contributed by atoms with Crippen molar-refractivity contribution in [2.45, 2.75) is 75.9 Å². The minimum atomic E-state index is -0.958. The summed E-state index contributed by atoms with van der Waals surface area (Å²) in [6.45, 7) is 4.81. The van der Waals surface area contributed by atoms with Gasteiger partial charge in [0, 0.05) is 30.0 Å². The number of phenols is 1. The van der Waals surface area contributed by atoms with Crippen molar-refractivity contribution in [1.82, 2.24) is 19.9 Å². The van der Waals surface area contributed by atoms with Gasteiger partial charge >= 0.3 is 6.01 Å². The van der Waals surface area contributed by atoms with E-state index in [1.165, 1.54) is 24.3 Å². The molecule has 0 radical (unpaired) electrons. The van der Waals surface area contributed by atoms with Crippen molar-refractivity contribution in [3.8, 4) is 41.2 Å². The van der Waals surface area contributed by atoms with Crippen LogP contribution < -0.4 is 14.8 Å². The maximum absolute atomic E-state index is 16.9. The number of benzene rings is 2. The molecule has 4 heterocycles. The number of fused-ring (bicyclic) bond motifs is 3. The molecule has 3 N–H and O–H groups in total. The van der Waals surface area contributed by atoms with Crippen LogP contribution in [0.2, 0.25) is 0 Å². The van der Waals surface area contributed by atoms with Gasteiger partial charge < -0.3 is 25.0 Å². The zero-order valence-corrected chi connectivity index (χ0v) is 25.5. The van der Waals surface area contributed by atoms with E-state index < -0.39 is 35.6 Å². The summed E-state index contributed by atoms with van der Waals surface area (Å²) >= 11 is 0. The van der Waals surface area contributed by atoms with Crippen LogP contribution in [0.3, 0.4) is 0 Å². The molecule has 240 valence electrons. The smallest absolute Gasteiger partial charge is 0.319 e. The Morgan fingerprint density at radius 2 is 1.98 bits per heavy atom. The molecular weight excluding hydrogens is 599 g/mol. The predicted octanol–water partition coefficient (Wildman–Crippen LogP) is 5.49. The summed E-state index contributed by atoms with van der Waals surface area (Å²) in [5, 5.41) is 24.5. The number of anilines is 1. The lowest BCUT2D eigenvalue weighted by molar-refractivity contribution is 0.0834. The van der Waals surface area contributed by atoms with Gasteiger partial charge in [0.2, 0.25) is 5.88 Å². The van der Waals surface area contributed by atoms with E-state index in [9.17, 15) is 19.0 Å². The van der Waals surface area contributed by atoms with Gasteiger partial charge in [-0.3, -0.25) is 4.90 Å². The molecular formula is C34H34F3N5O4. The number of hydrogen-bond donors (Lipinski definition) is 3. The average molecular weight is 634 g/mol. The number of ether oxygens (including phenoxy) is 2. The average Bonchev–Trinajstić information content (AvgIpc) is 3.52. The molecule has 2 saturated heterocycles. The number of alkyl halides is 1. The molecule has 12 heteroatoms. The number of hydrogen-bond acceptors (Lipinski definition) is 9. The molecule has 0 bridgehead atoms. The van der Waals surface area contributed by atoms with Gasteiger partial charge in [-0.05, 0) is 69.7 Å². The van der Waals surface area contributed by atoms with Crippen molar-refractivity contribution in [2.75, 3.05) is 25.0 Å². The molecule has 2 atom stereocenters. The molecule has 9 nitrogen and oxygen atoms in total. The van der Waals surface area contributed by atoms with E-state index in [0.29, 0.717) is 31.2 Å². The van der Waals surface area contributed by atoms with Crippen LogP contribution in [0.15, 0.2) is 24.3 Å². The van der Waals surface area contributed by atoms with E-state index >= 15 is 4.39 Å². The fourth-order valence-electron chi connectivity index (χ4n) is 7.08. The molecule has 1 aliphatic carbocycles. The summed E-state index contributed by atoms with van der Waals surface area (Å²) in [5.41, 5.74) is -1.00. The van der Waals surface area contributed by atoms with Crippen molar-refractivity contribution >= 4 is 27.5 Å². The van der Waals surface area contributed by atoms with Gasteiger partial charge in [-0.15, -0.1) is 6.42 Å². The quantitative estimate of drug-likeness (QED) is 0.217. The third-order valence-electron chi connectivity index (χ3n) is 9.21. The molecule has 3 fully saturated rings. The third kappa shape index (κ3) is 5.21. The molecule has 46 heavy (non-hydrogen) atoms. The fourth-order valence-corrected chi connectivity index (χ4v) is 7.08. The van der Waals surface area contributed by atoms with E-state index in [1.807, 2.05) is 0 Å². The van der Waals surface area contributed by atoms with Crippen LogP contribution in [0.25, 0.3) is 32.9 Å². The van der Waals surface area contributed by atoms with Gasteiger partial charge in [-0.25, -0.2) is 18.2 Å². The van der Waals surface area contributed by atoms with Gasteiger partial charge in [0.25, 0.3) is 0 Å². The number of terminal acetylenes is 1. The number of pyridine rings is 1. The number of phenolic OH excluding ortho intramolecular Hbond substituents is 1. The van der Waals surface area contributed by atoms with E-state index in [0.717, 1.165) is 19.4 Å². The minimum absolute atomic E-state index is 0.00195. The highest BCUT2D eigenvalue weighted by Crippen LogP contribution is 2.43. The van der Waals surface area contributed by atoms with Gasteiger partial charge in [-0.1, -0.05) is 12.0 Å². The molecule has 2 aromatic carbocycles. The highest BCUT2D eigenvalue weighted by Gasteiger charge is 2.49. The molecule has 7 rings (SSSR count). The van der Waals surface area contributed by atoms with Gasteiger partial charge in [-0.2, -0.15) is 9.97 Å². The lowest BCUT2D eigenvalue weighted by atomic mass is 9.89. The van der Waals surface area contributed by atoms with Crippen molar-refractivity contribution in [3.63, 3.8) is 0 Å². The van der Waals surface area contributed by atoms with Crippen LogP contribution >= 0.6 is 0 Å². The molecule has 4 aromatic rings. The Bertz CT molecular complexity index is 1890. The van der Waals surface area contributed by atoms with Crippen molar-refractivity contribution in [3.05, 3.63) is 41.5 Å². The molecule has 0 spiro atoms. The second-order valence-corrected chi connectivity index (χ2v) is 12.8. The molecule has 3 aliphatic rings. The number of rotatable bonds is 8. The SMILES string of the molecule is C#Cc1c(F)ccc2cc(O)cc(-c3nc(OC(C)C)c4c(NC5CC(O)C5)nc(OC[C@@]56CCCN5CC(F)C6)nc4c3F)c12. The Hall–Kier alpha value is -4.34. The summed E-state index contributed by atoms with van der Waals surface area (Å²) in [6, 6.07) is 5.03. The first-order valence-electron chi connectivity index (χ1n) is 15.5. The molecule has 1 saturated carbocycles. The maximum atomic E-state index is 16.9. The first-order valence-corrected chi connectivity index (χ1v) is 15.5. The summed E-state index contributed by atoms with van der Waals surface area (Å²) in [5.74, 6) is 0.778. The van der Waals surface area contributed by atoms with Crippen molar-refractivity contribution < 1.29 is 32.9 Å². The van der Waals surface area contributed by atoms with Crippen LogP contribution in [-0.4, -0.2) is 79.7 Å². The molecule has 2 aromatic heterocycles. The second kappa shape index (κ2) is 11.5. The lowest BCUT2D eigenvalue weighted by Crippen LogP contribution is -2.43. The van der Waals surface area contributed by atoms with E-state index in [4.69, 9.17) is 15.9 Å². The molecule has 1 unspecified atom stereocenters. The van der Waals surface area contributed by atoms with E-state index in [1.54, 1.807) is 13.8 Å². The second-order valence-electron chi connectivity index (χ2n) is 12.8. The standard InChI is InChI=1S/C34H34F3N5O4/c1-4-23-25(36)7-6-18-10-21(43)13-24(26(18)23)29-28(37)30-27(32(39-29)46-17(2)3)31(38-20-11-22(44)12-20)41-33(40-30)45-16-34-8-5-9-42(34)15-19(35)14-34/h1,6-7,10,13,17,19-20,22,43-44H,5,8-9,11-12,14-16H2,2-3H3,(H,38,40,41)/t19?,20?,22?,34-/m0/s1. The highest BCUT2D eigenvalue weighted by atomic mass is 19.1. The first-order chi connectivity index (χ1) is 22.0. The predicted molar refractivity (Wildman–Crippen MR) is 167 cm³/mol. The van der Waals surface area contributed by atoms with E-state index in [2.05, 4.69) is 31.1 Å². The van der Waals surface area contributed by atoms with Gasteiger partial charge in [0.05, 0.1) is 23.3 Å². The maximum Gasteiger partial charge on any atom is 0.319 e. The third-order valence-corrected chi connectivity index (χ3v) is 9.21. The molecule has 2 aliphatic heterocycles. The summed E-state index contributed by atoms with van der Waals surface area (Å²) in [7, 11) is 0. The normalized spacial score (nSPS) is 24.3. The Balaban J connectivity index is 1.43. The largest absolute Gasteiger partial charge is 0.508 e. The van der Waals surface area contributed by atoms with Crippen molar-refractivity contribution in [2.24, 2.45) is 0 Å². The van der Waals surface area contributed by atoms with Crippen LogP contribution in [-0.2, 0) is 0 Å². The van der Waals surface area contributed by atoms with Gasteiger partial charge in [0.15, 0.2) is 5.82 Å².